The number of hydrogen-bond donors (Lipinski definition) is 0. The zero-order valence-corrected chi connectivity index (χ0v) is 14.7. The van der Waals surface area contributed by atoms with Crippen molar-refractivity contribution in [3.63, 3.8) is 0 Å². The molecule has 117 valence electrons. The van der Waals surface area contributed by atoms with Crippen LogP contribution in [0.3, 0.4) is 0 Å². The molecular weight excluding hydrogens is 354 g/mol. The molecule has 1 saturated carbocycles. The first kappa shape index (κ1) is 14.7. The van der Waals surface area contributed by atoms with Gasteiger partial charge in [-0.3, -0.25) is 0 Å². The Labute approximate surface area is 143 Å². The predicted molar refractivity (Wildman–Crippen MR) is 91.7 cm³/mol. The molecule has 1 aromatic carbocycles. The van der Waals surface area contributed by atoms with Crippen molar-refractivity contribution in [1.82, 2.24) is 14.8 Å². The highest BCUT2D eigenvalue weighted by Crippen LogP contribution is 2.37. The summed E-state index contributed by atoms with van der Waals surface area (Å²) in [5.74, 6) is 1.79. The molecule has 1 aliphatic rings. The average molecular weight is 371 g/mol. The molecule has 2 heterocycles. The second-order valence-electron chi connectivity index (χ2n) is 6.07. The van der Waals surface area contributed by atoms with Crippen molar-refractivity contribution in [3.05, 3.63) is 52.0 Å². The lowest BCUT2D eigenvalue weighted by atomic mass is 9.85. The molecule has 0 spiro atoms. The molecule has 0 unspecified atom stereocenters. The van der Waals surface area contributed by atoms with Crippen molar-refractivity contribution in [2.45, 2.75) is 39.0 Å². The van der Waals surface area contributed by atoms with Gasteiger partial charge in [-0.25, -0.2) is 0 Å². The summed E-state index contributed by atoms with van der Waals surface area (Å²) < 4.78 is 9.14. The Morgan fingerprint density at radius 2 is 2.09 bits per heavy atom. The Kier molecular flexibility index (Phi) is 3.60. The van der Waals surface area contributed by atoms with Crippen LogP contribution in [0.5, 0.6) is 0 Å². The van der Waals surface area contributed by atoms with Gasteiger partial charge >= 0.3 is 0 Å². The lowest BCUT2D eigenvalue weighted by Crippen LogP contribution is -2.08. The van der Waals surface area contributed by atoms with Crippen LogP contribution in [0.1, 0.15) is 42.3 Å². The van der Waals surface area contributed by atoms with E-state index >= 15 is 0 Å². The second-order valence-corrected chi connectivity index (χ2v) is 6.99. The van der Waals surface area contributed by atoms with Gasteiger partial charge in [-0.15, -0.1) is 10.2 Å². The molecule has 1 radical (unpaired) electrons. The minimum atomic E-state index is 0.441. The van der Waals surface area contributed by atoms with Crippen molar-refractivity contribution in [3.8, 4) is 17.3 Å². The van der Waals surface area contributed by atoms with Crippen molar-refractivity contribution in [1.29, 1.82) is 0 Å². The summed E-state index contributed by atoms with van der Waals surface area (Å²) in [5.41, 5.74) is 4.03. The SMILES string of the molecule is Cc1[c]c(C)n(-c2cccc(Br)c2)c1-c1nnc(C2CCC2)o1. The van der Waals surface area contributed by atoms with Gasteiger partial charge in [0.05, 0.1) is 0 Å². The normalized spacial score (nSPS) is 14.9. The Morgan fingerprint density at radius 3 is 2.78 bits per heavy atom. The van der Waals surface area contributed by atoms with Crippen LogP contribution in [0.25, 0.3) is 17.3 Å². The zero-order valence-electron chi connectivity index (χ0n) is 13.1. The first-order valence-electron chi connectivity index (χ1n) is 7.84. The van der Waals surface area contributed by atoms with E-state index in [1.165, 1.54) is 6.42 Å². The molecule has 0 saturated heterocycles. The number of hydrogen-bond acceptors (Lipinski definition) is 3. The van der Waals surface area contributed by atoms with Gasteiger partial charge in [-0.1, -0.05) is 28.4 Å². The largest absolute Gasteiger partial charge is 0.419 e. The van der Waals surface area contributed by atoms with Crippen molar-refractivity contribution in [2.75, 3.05) is 0 Å². The van der Waals surface area contributed by atoms with E-state index < -0.39 is 0 Å². The Morgan fingerprint density at radius 1 is 1.26 bits per heavy atom. The Bertz CT molecular complexity index is 861. The van der Waals surface area contributed by atoms with E-state index in [0.29, 0.717) is 11.8 Å². The van der Waals surface area contributed by atoms with Gasteiger partial charge in [0.1, 0.15) is 5.69 Å². The third kappa shape index (κ3) is 2.53. The lowest BCUT2D eigenvalue weighted by Gasteiger charge is -2.20. The van der Waals surface area contributed by atoms with Gasteiger partial charge < -0.3 is 8.98 Å². The monoisotopic (exact) mass is 370 g/mol. The molecule has 1 aliphatic carbocycles. The fourth-order valence-electron chi connectivity index (χ4n) is 3.07. The summed E-state index contributed by atoms with van der Waals surface area (Å²) >= 11 is 3.54. The lowest BCUT2D eigenvalue weighted by molar-refractivity contribution is 0.338. The van der Waals surface area contributed by atoms with Crippen LogP contribution in [0, 0.1) is 19.9 Å². The molecule has 2 aromatic heterocycles. The van der Waals surface area contributed by atoms with Gasteiger partial charge in [0.15, 0.2) is 0 Å². The maximum Gasteiger partial charge on any atom is 0.264 e. The van der Waals surface area contributed by atoms with Gasteiger partial charge in [0.25, 0.3) is 5.89 Å². The molecule has 4 nitrogen and oxygen atoms in total. The molecule has 0 N–H and O–H groups in total. The maximum atomic E-state index is 5.99. The van der Waals surface area contributed by atoms with Crippen LogP contribution in [-0.4, -0.2) is 14.8 Å². The van der Waals surface area contributed by atoms with E-state index in [1.807, 2.05) is 26.0 Å². The molecule has 0 aliphatic heterocycles. The summed E-state index contributed by atoms with van der Waals surface area (Å²) in [6, 6.07) is 11.6. The fraction of sp³-hybridized carbons (Fsp3) is 0.333. The van der Waals surface area contributed by atoms with Crippen LogP contribution in [0.15, 0.2) is 33.2 Å². The molecule has 5 heteroatoms. The summed E-state index contributed by atoms with van der Waals surface area (Å²) in [6.45, 7) is 4.07. The van der Waals surface area contributed by atoms with Crippen LogP contribution < -0.4 is 0 Å². The third-order valence-electron chi connectivity index (χ3n) is 4.45. The fourth-order valence-corrected chi connectivity index (χ4v) is 3.45. The molecule has 23 heavy (non-hydrogen) atoms. The summed E-state index contributed by atoms with van der Waals surface area (Å²) in [4.78, 5) is 0. The Hall–Kier alpha value is -1.88. The minimum Gasteiger partial charge on any atom is -0.419 e. The van der Waals surface area contributed by atoms with Crippen LogP contribution in [0.4, 0.5) is 0 Å². The van der Waals surface area contributed by atoms with Crippen LogP contribution in [0.2, 0.25) is 0 Å². The molecule has 4 rings (SSSR count). The maximum absolute atomic E-state index is 5.99. The van der Waals surface area contributed by atoms with Gasteiger partial charge in [0.2, 0.25) is 5.89 Å². The smallest absolute Gasteiger partial charge is 0.264 e. The summed E-state index contributed by atoms with van der Waals surface area (Å²) in [7, 11) is 0. The molecule has 3 aromatic rings. The second kappa shape index (κ2) is 5.64. The summed E-state index contributed by atoms with van der Waals surface area (Å²) in [6.07, 6.45) is 3.56. The number of aromatic nitrogens is 3. The van der Waals surface area contributed by atoms with Crippen molar-refractivity contribution in [2.24, 2.45) is 0 Å². The van der Waals surface area contributed by atoms with Gasteiger partial charge in [-0.2, -0.15) is 0 Å². The minimum absolute atomic E-state index is 0.441. The quantitative estimate of drug-likeness (QED) is 0.653. The van der Waals surface area contributed by atoms with E-state index in [2.05, 4.69) is 48.9 Å². The molecule has 1 fully saturated rings. The first-order valence-corrected chi connectivity index (χ1v) is 8.63. The standard InChI is InChI=1S/C18H17BrN3O/c1-11-9-12(2)22(15-8-4-7-14(19)10-15)16(11)18-21-20-17(23-18)13-5-3-6-13/h4,7-8,10,13H,3,5-6H2,1-2H3. The zero-order chi connectivity index (χ0) is 16.0. The highest BCUT2D eigenvalue weighted by Gasteiger charge is 2.27. The van der Waals surface area contributed by atoms with E-state index in [9.17, 15) is 0 Å². The third-order valence-corrected chi connectivity index (χ3v) is 4.94. The van der Waals surface area contributed by atoms with E-state index in [1.54, 1.807) is 0 Å². The average Bonchev–Trinajstić information content (AvgIpc) is 3.01. The highest BCUT2D eigenvalue weighted by atomic mass is 79.9. The van der Waals surface area contributed by atoms with E-state index in [4.69, 9.17) is 4.42 Å². The van der Waals surface area contributed by atoms with E-state index in [-0.39, 0.29) is 0 Å². The highest BCUT2D eigenvalue weighted by molar-refractivity contribution is 9.10. The van der Waals surface area contributed by atoms with Gasteiger partial charge in [0, 0.05) is 27.8 Å². The first-order chi connectivity index (χ1) is 11.1. The van der Waals surface area contributed by atoms with Gasteiger partial charge in [-0.05, 0) is 50.5 Å². The number of benzene rings is 1. The van der Waals surface area contributed by atoms with Crippen LogP contribution in [-0.2, 0) is 0 Å². The molecular formula is C18H17BrN3O. The molecule has 0 bridgehead atoms. The Balaban J connectivity index is 1.83. The van der Waals surface area contributed by atoms with Crippen molar-refractivity contribution >= 4 is 15.9 Å². The van der Waals surface area contributed by atoms with Crippen LogP contribution >= 0.6 is 15.9 Å². The number of halogens is 1. The summed E-state index contributed by atoms with van der Waals surface area (Å²) in [5, 5.41) is 8.57. The molecule has 0 atom stereocenters. The van der Waals surface area contributed by atoms with E-state index in [0.717, 1.165) is 45.8 Å². The molecule has 0 amide bonds. The topological polar surface area (TPSA) is 43.9 Å². The number of nitrogens with zero attached hydrogens (tertiary/aromatic N) is 3. The predicted octanol–water partition coefficient (Wildman–Crippen LogP) is 4.97. The number of aryl methyl sites for hydroxylation is 2. The van der Waals surface area contributed by atoms with Crippen molar-refractivity contribution < 1.29 is 4.42 Å². The number of rotatable bonds is 3.